The van der Waals surface area contributed by atoms with E-state index in [0.717, 1.165) is 11.1 Å². The fourth-order valence-corrected chi connectivity index (χ4v) is 2.95. The number of rotatable bonds is 8. The predicted molar refractivity (Wildman–Crippen MR) is 112 cm³/mol. The molecule has 0 radical (unpaired) electrons. The molecule has 0 aliphatic heterocycles. The first-order valence-corrected chi connectivity index (χ1v) is 9.32. The summed E-state index contributed by atoms with van der Waals surface area (Å²) < 4.78 is 5.59. The molecule has 3 aromatic carbocycles. The van der Waals surface area contributed by atoms with Gasteiger partial charge in [-0.2, -0.15) is 0 Å². The Kier molecular flexibility index (Phi) is 7.02. The second-order valence-corrected chi connectivity index (χ2v) is 6.56. The van der Waals surface area contributed by atoms with Crippen LogP contribution in [0, 0.1) is 0 Å². The molecule has 7 heteroatoms. The summed E-state index contributed by atoms with van der Waals surface area (Å²) in [6.45, 7) is -0.262. The van der Waals surface area contributed by atoms with E-state index in [1.807, 2.05) is 30.3 Å². The van der Waals surface area contributed by atoms with Crippen LogP contribution >= 0.6 is 0 Å². The number of hydrogen-bond donors (Lipinski definition) is 4. The molecule has 0 fully saturated rings. The van der Waals surface area contributed by atoms with E-state index in [9.17, 15) is 14.7 Å². The Balaban J connectivity index is 1.66. The van der Waals surface area contributed by atoms with Crippen LogP contribution in [-0.4, -0.2) is 28.8 Å². The molecular formula is C23H22N2O5. The van der Waals surface area contributed by atoms with Crippen molar-refractivity contribution in [2.45, 2.75) is 12.6 Å². The zero-order valence-corrected chi connectivity index (χ0v) is 16.1. The molecule has 3 aromatic rings. The van der Waals surface area contributed by atoms with E-state index in [0.29, 0.717) is 17.0 Å². The third kappa shape index (κ3) is 5.83. The number of aliphatic hydroxyl groups is 1. The zero-order valence-electron chi connectivity index (χ0n) is 16.1. The summed E-state index contributed by atoms with van der Waals surface area (Å²) in [5.41, 5.74) is 2.84. The normalized spacial score (nSPS) is 11.4. The highest BCUT2D eigenvalue weighted by molar-refractivity contribution is 5.91. The topological polar surface area (TPSA) is 108 Å². The molecule has 0 aromatic heterocycles. The molecule has 3 rings (SSSR count). The first kappa shape index (κ1) is 20.9. The Morgan fingerprint density at radius 1 is 0.900 bits per heavy atom. The maximum absolute atomic E-state index is 12.2. The van der Waals surface area contributed by atoms with E-state index in [1.54, 1.807) is 48.5 Å². The molecule has 0 saturated carbocycles. The number of nitrogens with one attached hydrogen (secondary N) is 2. The fraction of sp³-hybridized carbons (Fsp3) is 0.130. The molecule has 1 unspecified atom stereocenters. The van der Waals surface area contributed by atoms with Crippen molar-refractivity contribution in [1.29, 1.82) is 0 Å². The minimum atomic E-state index is -1.14. The van der Waals surface area contributed by atoms with Gasteiger partial charge in [0.05, 0.1) is 12.6 Å². The number of carbonyl (C=O) groups is 2. The van der Waals surface area contributed by atoms with Gasteiger partial charge in [0.2, 0.25) is 0 Å². The number of aliphatic hydroxyl groups excluding tert-OH is 1. The van der Waals surface area contributed by atoms with Crippen LogP contribution < -0.4 is 15.4 Å². The molecular weight excluding hydrogens is 384 g/mol. The van der Waals surface area contributed by atoms with Crippen molar-refractivity contribution >= 4 is 17.7 Å². The van der Waals surface area contributed by atoms with Crippen LogP contribution in [0.2, 0.25) is 0 Å². The van der Waals surface area contributed by atoms with Crippen molar-refractivity contribution in [3.05, 3.63) is 95.6 Å². The van der Waals surface area contributed by atoms with Gasteiger partial charge in [-0.05, 0) is 41.0 Å². The monoisotopic (exact) mass is 406 g/mol. The highest BCUT2D eigenvalue weighted by Crippen LogP contribution is 2.25. The summed E-state index contributed by atoms with van der Waals surface area (Å²) in [4.78, 5) is 23.4. The summed E-state index contributed by atoms with van der Waals surface area (Å²) in [5.74, 6) is 0.117. The first-order chi connectivity index (χ1) is 14.5. The first-order valence-electron chi connectivity index (χ1n) is 9.32. The van der Waals surface area contributed by atoms with Crippen molar-refractivity contribution in [2.24, 2.45) is 0 Å². The summed E-state index contributed by atoms with van der Waals surface area (Å²) in [5, 5.41) is 23.5. The summed E-state index contributed by atoms with van der Waals surface area (Å²) >= 11 is 0. The minimum absolute atomic E-state index is 0.0611. The van der Waals surface area contributed by atoms with Gasteiger partial charge < -0.3 is 25.6 Å². The lowest BCUT2D eigenvalue weighted by atomic mass is 9.99. The predicted octanol–water partition coefficient (Wildman–Crippen LogP) is 3.55. The molecule has 0 heterocycles. The zero-order chi connectivity index (χ0) is 21.3. The lowest BCUT2D eigenvalue weighted by Crippen LogP contribution is -2.27. The SMILES string of the molecule is O=C(O)NC(c1ccccc1)c1cccc(OCC(=O)Nc2ccc(CO)cc2)c1. The van der Waals surface area contributed by atoms with E-state index in [1.165, 1.54) is 0 Å². The minimum Gasteiger partial charge on any atom is -0.484 e. The van der Waals surface area contributed by atoms with Gasteiger partial charge in [-0.15, -0.1) is 0 Å². The van der Waals surface area contributed by atoms with Gasteiger partial charge in [0, 0.05) is 5.69 Å². The Hall–Kier alpha value is -3.84. The third-order valence-electron chi connectivity index (χ3n) is 4.38. The Bertz CT molecular complexity index is 990. The number of ether oxygens (including phenoxy) is 1. The lowest BCUT2D eigenvalue weighted by Gasteiger charge is -2.19. The van der Waals surface area contributed by atoms with Gasteiger partial charge in [-0.25, -0.2) is 4.79 Å². The fourth-order valence-electron chi connectivity index (χ4n) is 2.95. The lowest BCUT2D eigenvalue weighted by molar-refractivity contribution is -0.118. The number of carbonyl (C=O) groups excluding carboxylic acids is 1. The highest BCUT2D eigenvalue weighted by atomic mass is 16.5. The van der Waals surface area contributed by atoms with Crippen LogP contribution in [-0.2, 0) is 11.4 Å². The van der Waals surface area contributed by atoms with E-state index in [4.69, 9.17) is 9.84 Å². The number of amides is 2. The van der Waals surface area contributed by atoms with E-state index in [-0.39, 0.29) is 19.1 Å². The molecule has 0 saturated heterocycles. The summed E-state index contributed by atoms with van der Waals surface area (Å²) in [6, 6.07) is 22.4. The number of hydrogen-bond acceptors (Lipinski definition) is 4. The molecule has 0 aliphatic rings. The van der Waals surface area contributed by atoms with Crippen LogP contribution in [0.1, 0.15) is 22.7 Å². The van der Waals surface area contributed by atoms with Crippen molar-refractivity contribution in [3.8, 4) is 5.75 Å². The molecule has 0 spiro atoms. The molecule has 0 aliphatic carbocycles. The maximum atomic E-state index is 12.2. The van der Waals surface area contributed by atoms with Gasteiger partial charge in [-0.1, -0.05) is 54.6 Å². The van der Waals surface area contributed by atoms with E-state index in [2.05, 4.69) is 10.6 Å². The standard InChI is InChI=1S/C23H22N2O5/c26-14-16-9-11-19(12-10-16)24-21(27)15-30-20-8-4-7-18(13-20)22(25-23(28)29)17-5-2-1-3-6-17/h1-13,22,25-26H,14-15H2,(H,24,27)(H,28,29). The summed E-state index contributed by atoms with van der Waals surface area (Å²) in [7, 11) is 0. The van der Waals surface area contributed by atoms with Crippen LogP contribution in [0.5, 0.6) is 5.75 Å². The average molecular weight is 406 g/mol. The number of anilines is 1. The molecule has 1 atom stereocenters. The maximum Gasteiger partial charge on any atom is 0.405 e. The Morgan fingerprint density at radius 2 is 1.60 bits per heavy atom. The van der Waals surface area contributed by atoms with Gasteiger partial charge in [0.1, 0.15) is 5.75 Å². The molecule has 30 heavy (non-hydrogen) atoms. The molecule has 4 N–H and O–H groups in total. The Labute approximate surface area is 173 Å². The van der Waals surface area contributed by atoms with Crippen molar-refractivity contribution < 1.29 is 24.5 Å². The third-order valence-corrected chi connectivity index (χ3v) is 4.38. The second kappa shape index (κ2) is 10.1. The quantitative estimate of drug-likeness (QED) is 0.458. The average Bonchev–Trinajstić information content (AvgIpc) is 2.77. The molecule has 2 amide bonds. The van der Waals surface area contributed by atoms with Crippen LogP contribution in [0.25, 0.3) is 0 Å². The van der Waals surface area contributed by atoms with Crippen LogP contribution in [0.4, 0.5) is 10.5 Å². The van der Waals surface area contributed by atoms with Crippen molar-refractivity contribution in [3.63, 3.8) is 0 Å². The smallest absolute Gasteiger partial charge is 0.405 e. The molecule has 154 valence electrons. The van der Waals surface area contributed by atoms with Gasteiger partial charge in [0.15, 0.2) is 6.61 Å². The number of benzene rings is 3. The van der Waals surface area contributed by atoms with Gasteiger partial charge in [-0.3, -0.25) is 4.79 Å². The van der Waals surface area contributed by atoms with Gasteiger partial charge in [0.25, 0.3) is 5.91 Å². The van der Waals surface area contributed by atoms with E-state index < -0.39 is 12.1 Å². The van der Waals surface area contributed by atoms with Crippen LogP contribution in [0.15, 0.2) is 78.9 Å². The van der Waals surface area contributed by atoms with Crippen molar-refractivity contribution in [2.75, 3.05) is 11.9 Å². The molecule has 7 nitrogen and oxygen atoms in total. The van der Waals surface area contributed by atoms with E-state index >= 15 is 0 Å². The van der Waals surface area contributed by atoms with Gasteiger partial charge >= 0.3 is 6.09 Å². The largest absolute Gasteiger partial charge is 0.484 e. The summed E-state index contributed by atoms with van der Waals surface area (Å²) in [6.07, 6.45) is -1.14. The Morgan fingerprint density at radius 3 is 2.27 bits per heavy atom. The number of carboxylic acid groups (broad SMARTS) is 1. The second-order valence-electron chi connectivity index (χ2n) is 6.56. The van der Waals surface area contributed by atoms with Crippen molar-refractivity contribution in [1.82, 2.24) is 5.32 Å². The van der Waals surface area contributed by atoms with Crippen LogP contribution in [0.3, 0.4) is 0 Å². The highest BCUT2D eigenvalue weighted by Gasteiger charge is 2.17. The molecule has 0 bridgehead atoms.